The molecule has 7 nitrogen and oxygen atoms in total. The highest BCUT2D eigenvalue weighted by Crippen LogP contribution is 2.23. The first kappa shape index (κ1) is 17.9. The number of hydrogen-bond donors (Lipinski definition) is 2. The Balaban J connectivity index is 1.87. The molecule has 1 amide bonds. The summed E-state index contributed by atoms with van der Waals surface area (Å²) in [6.45, 7) is 2.73. The van der Waals surface area contributed by atoms with E-state index in [1.165, 1.54) is 17.8 Å². The summed E-state index contributed by atoms with van der Waals surface area (Å²) in [5.74, 6) is 0.835. The van der Waals surface area contributed by atoms with Gasteiger partial charge in [-0.3, -0.25) is 19.5 Å². The minimum absolute atomic E-state index is 0.194. The Morgan fingerprint density at radius 3 is 2.96 bits per heavy atom. The number of nitrogens with one attached hydrogen (secondary N) is 2. The van der Waals surface area contributed by atoms with Gasteiger partial charge in [0.2, 0.25) is 0 Å². The Labute approximate surface area is 151 Å². The summed E-state index contributed by atoms with van der Waals surface area (Å²) < 4.78 is 26.8. The molecule has 1 aromatic rings. The van der Waals surface area contributed by atoms with Gasteiger partial charge < -0.3 is 5.32 Å². The summed E-state index contributed by atoms with van der Waals surface area (Å²) in [6, 6.07) is 5.98. The first-order chi connectivity index (χ1) is 12.0. The van der Waals surface area contributed by atoms with Crippen LogP contribution in [0.1, 0.15) is 31.7 Å². The highest BCUT2D eigenvalue weighted by Gasteiger charge is 2.32. The van der Waals surface area contributed by atoms with Crippen LogP contribution in [0.25, 0.3) is 0 Å². The Bertz CT molecular complexity index is 834. The van der Waals surface area contributed by atoms with Crippen molar-refractivity contribution in [1.82, 2.24) is 10.0 Å². The maximum atomic E-state index is 12.6. The molecule has 2 heterocycles. The van der Waals surface area contributed by atoms with Crippen molar-refractivity contribution in [2.45, 2.75) is 37.1 Å². The maximum Gasteiger partial charge on any atom is 0.263 e. The van der Waals surface area contributed by atoms with Gasteiger partial charge in [-0.1, -0.05) is 43.7 Å². The van der Waals surface area contributed by atoms with Crippen LogP contribution in [-0.2, 0) is 14.8 Å². The van der Waals surface area contributed by atoms with Gasteiger partial charge in [-0.25, -0.2) is 8.42 Å². The monoisotopic (exact) mass is 380 g/mol. The van der Waals surface area contributed by atoms with Gasteiger partial charge in [0.15, 0.2) is 5.17 Å². The second kappa shape index (κ2) is 7.57. The van der Waals surface area contributed by atoms with Gasteiger partial charge in [0.1, 0.15) is 11.9 Å². The first-order valence-corrected chi connectivity index (χ1v) is 10.7. The summed E-state index contributed by atoms with van der Waals surface area (Å²) in [5.41, 5.74) is 0.504. The predicted octanol–water partition coefficient (Wildman–Crippen LogP) is 1.50. The van der Waals surface area contributed by atoms with Crippen LogP contribution in [0.15, 0.2) is 39.1 Å². The van der Waals surface area contributed by atoms with Crippen molar-refractivity contribution >= 4 is 38.7 Å². The van der Waals surface area contributed by atoms with Gasteiger partial charge in [0.25, 0.3) is 15.9 Å². The van der Waals surface area contributed by atoms with E-state index in [9.17, 15) is 13.2 Å². The number of amidine groups is 2. The molecule has 0 aliphatic carbocycles. The molecule has 1 aromatic carbocycles. The number of nitrogens with zero attached hydrogens (tertiary/aromatic N) is 2. The Hall–Kier alpha value is -1.87. The lowest BCUT2D eigenvalue weighted by Gasteiger charge is -2.13. The molecule has 1 unspecified atom stereocenters. The number of rotatable bonds is 5. The number of carbonyl (C=O) groups excluding carboxylic acids is 1. The third-order valence-electron chi connectivity index (χ3n) is 3.90. The van der Waals surface area contributed by atoms with Gasteiger partial charge in [-0.15, -0.1) is 0 Å². The lowest BCUT2D eigenvalue weighted by atomic mass is 10.1. The van der Waals surface area contributed by atoms with Crippen LogP contribution in [0.2, 0.25) is 0 Å². The Morgan fingerprint density at radius 1 is 1.44 bits per heavy atom. The number of fused-ring (bicyclic) bond motifs is 1. The molecule has 134 valence electrons. The number of amides is 1. The summed E-state index contributed by atoms with van der Waals surface area (Å²) >= 11 is 1.50. The van der Waals surface area contributed by atoms with Crippen LogP contribution >= 0.6 is 11.8 Å². The third-order valence-corrected chi connectivity index (χ3v) is 6.19. The SMILES string of the molecule is CCCCC(N=C1NS(=O)(=O)c2ccccc21)C(=O)NC1=NCCS1. The van der Waals surface area contributed by atoms with E-state index >= 15 is 0 Å². The number of hydrogen-bond acceptors (Lipinski definition) is 6. The van der Waals surface area contributed by atoms with Crippen LogP contribution < -0.4 is 10.0 Å². The number of carbonyl (C=O) groups is 1. The smallest absolute Gasteiger partial charge is 0.263 e. The topological polar surface area (TPSA) is 100.0 Å². The molecule has 0 saturated carbocycles. The molecule has 0 spiro atoms. The largest absolute Gasteiger partial charge is 0.304 e. The van der Waals surface area contributed by atoms with Crippen LogP contribution in [0.5, 0.6) is 0 Å². The van der Waals surface area contributed by atoms with Crippen LogP contribution in [-0.4, -0.2) is 43.7 Å². The fraction of sp³-hybridized carbons (Fsp3) is 0.438. The van der Waals surface area contributed by atoms with Crippen molar-refractivity contribution in [2.75, 3.05) is 12.3 Å². The molecular weight excluding hydrogens is 360 g/mol. The fourth-order valence-corrected chi connectivity index (χ4v) is 4.61. The van der Waals surface area contributed by atoms with Gasteiger partial charge in [0.05, 0.1) is 11.4 Å². The summed E-state index contributed by atoms with van der Waals surface area (Å²) in [7, 11) is -3.61. The highest BCUT2D eigenvalue weighted by molar-refractivity contribution is 8.14. The number of benzene rings is 1. The molecule has 0 bridgehead atoms. The number of unbranched alkanes of at least 4 members (excludes halogenated alkanes) is 1. The zero-order valence-corrected chi connectivity index (χ0v) is 15.5. The average molecular weight is 380 g/mol. The van der Waals surface area contributed by atoms with E-state index in [2.05, 4.69) is 20.0 Å². The molecule has 9 heteroatoms. The zero-order valence-electron chi connectivity index (χ0n) is 13.9. The molecule has 0 aromatic heterocycles. The van der Waals surface area contributed by atoms with Gasteiger partial charge in [0, 0.05) is 11.3 Å². The highest BCUT2D eigenvalue weighted by atomic mass is 32.2. The number of aliphatic imine (C=N–C) groups is 2. The minimum atomic E-state index is -3.61. The normalized spacial score (nSPS) is 20.7. The molecule has 25 heavy (non-hydrogen) atoms. The number of sulfonamides is 1. The average Bonchev–Trinajstić information content (AvgIpc) is 3.18. The van der Waals surface area contributed by atoms with Gasteiger partial charge in [-0.05, 0) is 18.6 Å². The van der Waals surface area contributed by atoms with E-state index in [0.717, 1.165) is 18.6 Å². The fourth-order valence-electron chi connectivity index (χ4n) is 2.64. The molecule has 2 aliphatic rings. The van der Waals surface area contributed by atoms with Crippen molar-refractivity contribution in [3.05, 3.63) is 29.8 Å². The molecule has 3 rings (SSSR count). The van der Waals surface area contributed by atoms with Crippen molar-refractivity contribution < 1.29 is 13.2 Å². The van der Waals surface area contributed by atoms with E-state index < -0.39 is 16.1 Å². The van der Waals surface area contributed by atoms with Crippen LogP contribution in [0.3, 0.4) is 0 Å². The third kappa shape index (κ3) is 4.04. The minimum Gasteiger partial charge on any atom is -0.304 e. The summed E-state index contributed by atoms with van der Waals surface area (Å²) in [6.07, 6.45) is 2.29. The first-order valence-electron chi connectivity index (χ1n) is 8.19. The molecule has 1 atom stereocenters. The molecule has 0 saturated heterocycles. The standard InChI is InChI=1S/C16H20N4O3S2/c1-2-3-7-12(15(21)19-16-17-9-10-24-16)18-14-11-6-4-5-8-13(11)25(22,23)20-14/h4-6,8,12H,2-3,7,9-10H2,1H3,(H,18,20)(H,17,19,21). The second-order valence-electron chi connectivity index (χ2n) is 5.76. The van der Waals surface area contributed by atoms with E-state index in [1.807, 2.05) is 6.92 Å². The van der Waals surface area contributed by atoms with Gasteiger partial charge in [-0.2, -0.15) is 0 Å². The van der Waals surface area contributed by atoms with Crippen molar-refractivity contribution in [2.24, 2.45) is 9.98 Å². The lowest BCUT2D eigenvalue weighted by molar-refractivity contribution is -0.120. The van der Waals surface area contributed by atoms with Crippen LogP contribution in [0.4, 0.5) is 0 Å². The van der Waals surface area contributed by atoms with E-state index in [1.54, 1.807) is 18.2 Å². The second-order valence-corrected chi connectivity index (χ2v) is 8.50. The van der Waals surface area contributed by atoms with Crippen molar-refractivity contribution in [3.8, 4) is 0 Å². The zero-order chi connectivity index (χ0) is 17.9. The van der Waals surface area contributed by atoms with Crippen LogP contribution in [0, 0.1) is 0 Å². The van der Waals surface area contributed by atoms with Crippen molar-refractivity contribution in [1.29, 1.82) is 0 Å². The molecule has 2 N–H and O–H groups in total. The quantitative estimate of drug-likeness (QED) is 0.808. The Kier molecular flexibility index (Phi) is 5.43. The molecule has 0 radical (unpaired) electrons. The van der Waals surface area contributed by atoms with E-state index in [4.69, 9.17) is 0 Å². The molecule has 2 aliphatic heterocycles. The molecular formula is C16H20N4O3S2. The van der Waals surface area contributed by atoms with E-state index in [0.29, 0.717) is 23.7 Å². The van der Waals surface area contributed by atoms with E-state index in [-0.39, 0.29) is 16.6 Å². The Morgan fingerprint density at radius 2 is 2.24 bits per heavy atom. The predicted molar refractivity (Wildman–Crippen MR) is 99.5 cm³/mol. The lowest BCUT2D eigenvalue weighted by Crippen LogP contribution is -2.37. The summed E-state index contributed by atoms with van der Waals surface area (Å²) in [4.78, 5) is 21.4. The molecule has 0 fully saturated rings. The van der Waals surface area contributed by atoms with Crippen molar-refractivity contribution in [3.63, 3.8) is 0 Å². The van der Waals surface area contributed by atoms with Gasteiger partial charge >= 0.3 is 0 Å². The number of thioether (sulfide) groups is 1. The maximum absolute atomic E-state index is 12.6. The summed E-state index contributed by atoms with van der Waals surface area (Å²) in [5, 5.41) is 3.41.